The van der Waals surface area contributed by atoms with E-state index in [2.05, 4.69) is 10.3 Å². The molecule has 0 saturated carbocycles. The maximum absolute atomic E-state index is 13.3. The van der Waals surface area contributed by atoms with Crippen LogP contribution < -0.4 is 14.4 Å². The topological polar surface area (TPSA) is 118 Å². The van der Waals surface area contributed by atoms with Gasteiger partial charge >= 0.3 is 0 Å². The molecule has 0 saturated heterocycles. The first kappa shape index (κ1) is 28.0. The maximum atomic E-state index is 13.3. The van der Waals surface area contributed by atoms with Gasteiger partial charge in [-0.05, 0) is 37.3 Å². The average molecular weight is 595 g/mol. The third kappa shape index (κ3) is 4.99. The van der Waals surface area contributed by atoms with Gasteiger partial charge in [0.15, 0.2) is 0 Å². The normalized spacial score (nSPS) is 11.7. The molecule has 0 aliphatic heterocycles. The highest BCUT2D eigenvalue weighted by molar-refractivity contribution is 7.92. The van der Waals surface area contributed by atoms with Crippen LogP contribution in [-0.2, 0) is 10.0 Å². The molecule has 218 valence electrons. The summed E-state index contributed by atoms with van der Waals surface area (Å²) in [5.74, 6) is 0.609. The Bertz CT molecular complexity index is 2100. The molecule has 0 bridgehead atoms. The van der Waals surface area contributed by atoms with Crippen LogP contribution in [0.15, 0.2) is 83.3 Å². The smallest absolute Gasteiger partial charge is 0.255 e. The summed E-state index contributed by atoms with van der Waals surface area (Å²) in [6.07, 6.45) is 1.13. The molecule has 6 aromatic rings. The fraction of sp³-hybridized carbons (Fsp3) is 0.152. The molecule has 43 heavy (non-hydrogen) atoms. The zero-order valence-corrected chi connectivity index (χ0v) is 25.2. The molecule has 9 nitrogen and oxygen atoms in total. The third-order valence-corrected chi connectivity index (χ3v) is 8.74. The molecule has 3 aromatic heterocycles. The monoisotopic (exact) mass is 594 g/mol. The first-order chi connectivity index (χ1) is 20.6. The Morgan fingerprint density at radius 3 is 2.44 bits per heavy atom. The number of H-pyrrole nitrogens is 1. The highest BCUT2D eigenvalue weighted by Crippen LogP contribution is 2.42. The summed E-state index contributed by atoms with van der Waals surface area (Å²) >= 11 is 0. The van der Waals surface area contributed by atoms with Crippen molar-refractivity contribution in [3.63, 3.8) is 0 Å². The number of fused-ring (bicyclic) bond motifs is 2. The number of nitrogens with zero attached hydrogens (tertiary/aromatic N) is 2. The van der Waals surface area contributed by atoms with Crippen molar-refractivity contribution >= 4 is 43.5 Å². The number of benzene rings is 3. The zero-order chi connectivity index (χ0) is 30.5. The summed E-state index contributed by atoms with van der Waals surface area (Å²) in [7, 11) is 0.938. The maximum Gasteiger partial charge on any atom is 0.255 e. The Morgan fingerprint density at radius 2 is 1.77 bits per heavy atom. The van der Waals surface area contributed by atoms with Gasteiger partial charge in [0.1, 0.15) is 22.8 Å². The lowest BCUT2D eigenvalue weighted by atomic mass is 10.00. The zero-order valence-electron chi connectivity index (χ0n) is 24.3. The van der Waals surface area contributed by atoms with Gasteiger partial charge in [-0.1, -0.05) is 48.0 Å². The number of amides is 1. The molecule has 6 rings (SSSR count). The van der Waals surface area contributed by atoms with E-state index in [1.807, 2.05) is 61.5 Å². The van der Waals surface area contributed by atoms with Crippen molar-refractivity contribution in [1.82, 2.24) is 15.3 Å². The molecule has 3 aromatic carbocycles. The molecule has 0 fully saturated rings. The van der Waals surface area contributed by atoms with Gasteiger partial charge in [-0.2, -0.15) is 0 Å². The number of aryl methyl sites for hydroxylation is 1. The number of rotatable bonds is 7. The predicted octanol–water partition coefficient (Wildman–Crippen LogP) is 6.38. The van der Waals surface area contributed by atoms with Gasteiger partial charge in [0.25, 0.3) is 5.91 Å². The third-order valence-electron chi connectivity index (χ3n) is 7.55. The second-order valence-corrected chi connectivity index (χ2v) is 12.4. The largest absolute Gasteiger partial charge is 0.494 e. The molecular weight excluding hydrogens is 564 g/mol. The Balaban J connectivity index is 1.64. The highest BCUT2D eigenvalue weighted by Gasteiger charge is 2.27. The van der Waals surface area contributed by atoms with Crippen LogP contribution in [0.1, 0.15) is 15.9 Å². The lowest BCUT2D eigenvalue weighted by molar-refractivity contribution is 0.0964. The summed E-state index contributed by atoms with van der Waals surface area (Å²) in [5.41, 5.74) is 6.10. The molecule has 2 N–H and O–H groups in total. The summed E-state index contributed by atoms with van der Waals surface area (Å²) in [6, 6.07) is 24.5. The second-order valence-electron chi connectivity index (χ2n) is 10.4. The van der Waals surface area contributed by atoms with Gasteiger partial charge in [-0.25, -0.2) is 13.4 Å². The van der Waals surface area contributed by atoms with Crippen molar-refractivity contribution in [3.8, 4) is 39.7 Å². The molecule has 10 heteroatoms. The Labute approximate surface area is 249 Å². The van der Waals surface area contributed by atoms with Crippen LogP contribution in [0.5, 0.6) is 5.75 Å². The lowest BCUT2D eigenvalue weighted by Gasteiger charge is -2.21. The quantitative estimate of drug-likeness (QED) is 0.221. The molecule has 0 aliphatic carbocycles. The number of sulfonamides is 1. The number of ether oxygens (including phenoxy) is 1. The Kier molecular flexibility index (Phi) is 6.94. The molecular formula is C33H30N4O5S. The Hall–Kier alpha value is -5.09. The van der Waals surface area contributed by atoms with E-state index < -0.39 is 10.0 Å². The number of methoxy groups -OCH3 is 1. The van der Waals surface area contributed by atoms with Gasteiger partial charge in [-0.3, -0.25) is 9.10 Å². The van der Waals surface area contributed by atoms with E-state index >= 15 is 0 Å². The summed E-state index contributed by atoms with van der Waals surface area (Å²) in [4.78, 5) is 21.6. The minimum atomic E-state index is -3.67. The van der Waals surface area contributed by atoms with E-state index in [-0.39, 0.29) is 5.91 Å². The van der Waals surface area contributed by atoms with Crippen molar-refractivity contribution < 1.29 is 22.4 Å². The number of hydrogen-bond donors (Lipinski definition) is 2. The fourth-order valence-corrected chi connectivity index (χ4v) is 5.70. The molecule has 0 atom stereocenters. The summed E-state index contributed by atoms with van der Waals surface area (Å²) in [5, 5.41) is 4.26. The first-order valence-electron chi connectivity index (χ1n) is 13.6. The number of pyridine rings is 1. The van der Waals surface area contributed by atoms with E-state index in [0.717, 1.165) is 34.0 Å². The van der Waals surface area contributed by atoms with Gasteiger partial charge in [0, 0.05) is 47.6 Å². The van der Waals surface area contributed by atoms with E-state index in [1.165, 1.54) is 11.4 Å². The number of para-hydroxylation sites is 1. The van der Waals surface area contributed by atoms with E-state index in [4.69, 9.17) is 14.1 Å². The van der Waals surface area contributed by atoms with E-state index in [9.17, 15) is 13.2 Å². The van der Waals surface area contributed by atoms with Crippen LogP contribution in [0.2, 0.25) is 0 Å². The van der Waals surface area contributed by atoms with Crippen LogP contribution in [0, 0.1) is 6.92 Å². The first-order valence-corrected chi connectivity index (χ1v) is 15.4. The number of carbonyl (C=O) groups is 1. The number of aromatic nitrogens is 2. The molecule has 0 unspecified atom stereocenters. The molecule has 0 spiro atoms. The van der Waals surface area contributed by atoms with Gasteiger partial charge in [0.2, 0.25) is 10.0 Å². The van der Waals surface area contributed by atoms with Gasteiger partial charge in [0.05, 0.1) is 36.0 Å². The van der Waals surface area contributed by atoms with Crippen molar-refractivity contribution in [2.24, 2.45) is 0 Å². The van der Waals surface area contributed by atoms with Crippen molar-refractivity contribution in [2.75, 3.05) is 31.8 Å². The molecule has 0 radical (unpaired) electrons. The van der Waals surface area contributed by atoms with Gasteiger partial charge < -0.3 is 19.5 Å². The minimum absolute atomic E-state index is 0.328. The number of carbonyl (C=O) groups excluding carboxylic acids is 1. The molecule has 0 aliphatic rings. The number of aromatic amines is 1. The second kappa shape index (κ2) is 10.6. The number of nitrogens with one attached hydrogen (secondary N) is 2. The SMILES string of the molecule is CNC(=O)c1c(-c2ccc(C)cc2)oc2cc(N(C)S(C)(=O)=O)c(-c3ccc(OC)c(-c4cc5ccccc5[nH]4)n3)cc12. The van der Waals surface area contributed by atoms with Gasteiger partial charge in [-0.15, -0.1) is 0 Å². The van der Waals surface area contributed by atoms with Crippen LogP contribution in [0.3, 0.4) is 0 Å². The molecule has 1 amide bonds. The standard InChI is InChI=1S/C33H30N4O5S/c1-19-10-12-20(13-11-19)32-30(33(38)34-2)23-17-22(27(18-29(23)42-32)37(3)43(5,39)40)25-14-15-28(41-4)31(36-25)26-16-21-8-6-7-9-24(21)35-26/h6-18,35H,1-5H3,(H,34,38). The van der Waals surface area contributed by atoms with Crippen molar-refractivity contribution in [2.45, 2.75) is 6.92 Å². The van der Waals surface area contributed by atoms with Crippen LogP contribution in [-0.4, -0.2) is 51.8 Å². The number of anilines is 1. The lowest BCUT2D eigenvalue weighted by Crippen LogP contribution is -2.25. The fourth-order valence-electron chi connectivity index (χ4n) is 5.19. The Morgan fingerprint density at radius 1 is 1.02 bits per heavy atom. The van der Waals surface area contributed by atoms with Crippen molar-refractivity contribution in [3.05, 3.63) is 90.0 Å². The minimum Gasteiger partial charge on any atom is -0.494 e. The van der Waals surface area contributed by atoms with E-state index in [1.54, 1.807) is 38.4 Å². The van der Waals surface area contributed by atoms with Crippen molar-refractivity contribution in [1.29, 1.82) is 0 Å². The summed E-state index contributed by atoms with van der Waals surface area (Å²) in [6.45, 7) is 1.98. The predicted molar refractivity (Wildman–Crippen MR) is 170 cm³/mol. The van der Waals surface area contributed by atoms with Crippen LogP contribution >= 0.6 is 0 Å². The van der Waals surface area contributed by atoms with Crippen LogP contribution in [0.4, 0.5) is 5.69 Å². The number of furan rings is 1. The summed E-state index contributed by atoms with van der Waals surface area (Å²) < 4.78 is 38.7. The average Bonchev–Trinajstić information content (AvgIpc) is 3.61. The number of hydrogen-bond acceptors (Lipinski definition) is 6. The molecule has 3 heterocycles. The van der Waals surface area contributed by atoms with Crippen LogP contribution in [0.25, 0.3) is 55.8 Å². The highest BCUT2D eigenvalue weighted by atomic mass is 32.2. The van der Waals surface area contributed by atoms with E-state index in [0.29, 0.717) is 50.7 Å².